The number of carbonyl (C=O) groups is 1. The molecule has 0 aliphatic rings. The van der Waals surface area contributed by atoms with Gasteiger partial charge in [0.15, 0.2) is 0 Å². The minimum absolute atomic E-state index is 0.0267. The molecule has 1 N–H and O–H groups in total. The fourth-order valence-electron chi connectivity index (χ4n) is 2.64. The normalized spacial score (nSPS) is 13.6. The zero-order valence-corrected chi connectivity index (χ0v) is 15.4. The molecule has 2 unspecified atom stereocenters. The predicted octanol–water partition coefficient (Wildman–Crippen LogP) is 5.71. The molecule has 1 amide bonds. The van der Waals surface area contributed by atoms with Gasteiger partial charge in [-0.05, 0) is 42.4 Å². The van der Waals surface area contributed by atoms with Gasteiger partial charge < -0.3 is 5.32 Å². The highest BCUT2D eigenvalue weighted by atomic mass is 32.1. The molecule has 0 bridgehead atoms. The number of benzene rings is 1. The molecule has 1 aromatic heterocycles. The van der Waals surface area contributed by atoms with Crippen molar-refractivity contribution in [2.75, 3.05) is 0 Å². The first-order valence-corrected chi connectivity index (χ1v) is 9.45. The number of amides is 1. The molecule has 2 nitrogen and oxygen atoms in total. The van der Waals surface area contributed by atoms with E-state index in [0.29, 0.717) is 5.92 Å². The fraction of sp³-hybridized carbons (Fsp3) is 0.450. The van der Waals surface area contributed by atoms with Crippen LogP contribution in [0.1, 0.15) is 78.9 Å². The van der Waals surface area contributed by atoms with E-state index in [-0.39, 0.29) is 11.9 Å². The lowest BCUT2D eigenvalue weighted by atomic mass is 9.95. The van der Waals surface area contributed by atoms with Gasteiger partial charge in [0.2, 0.25) is 0 Å². The zero-order valence-electron chi connectivity index (χ0n) is 14.6. The second-order valence-electron chi connectivity index (χ2n) is 6.07. The van der Waals surface area contributed by atoms with Gasteiger partial charge in [-0.3, -0.25) is 4.79 Å². The first kappa shape index (κ1) is 17.7. The first-order chi connectivity index (χ1) is 11.1. The van der Waals surface area contributed by atoms with E-state index in [1.54, 1.807) is 11.3 Å². The molecular weight excluding hydrogens is 302 g/mol. The van der Waals surface area contributed by atoms with Gasteiger partial charge >= 0.3 is 0 Å². The van der Waals surface area contributed by atoms with Gasteiger partial charge in [-0.25, -0.2) is 0 Å². The van der Waals surface area contributed by atoms with Crippen molar-refractivity contribution in [1.82, 2.24) is 5.32 Å². The van der Waals surface area contributed by atoms with Crippen LogP contribution in [0.4, 0.5) is 0 Å². The van der Waals surface area contributed by atoms with Crippen molar-refractivity contribution in [2.45, 2.75) is 58.9 Å². The highest BCUT2D eigenvalue weighted by Crippen LogP contribution is 2.23. The Morgan fingerprint density at radius 3 is 2.26 bits per heavy atom. The molecule has 2 aromatic rings. The summed E-state index contributed by atoms with van der Waals surface area (Å²) in [5.41, 5.74) is 3.32. The highest BCUT2D eigenvalue weighted by molar-refractivity contribution is 7.10. The van der Waals surface area contributed by atoms with Gasteiger partial charge in [0, 0.05) is 10.3 Å². The molecule has 0 spiro atoms. The summed E-state index contributed by atoms with van der Waals surface area (Å²) in [6.45, 7) is 8.68. The van der Waals surface area contributed by atoms with Crippen molar-refractivity contribution in [2.24, 2.45) is 0 Å². The second-order valence-corrected chi connectivity index (χ2v) is 7.06. The van der Waals surface area contributed by atoms with Crippen LogP contribution in [-0.2, 0) is 6.42 Å². The smallest absolute Gasteiger partial charge is 0.252 e. The third-order valence-electron chi connectivity index (χ3n) is 4.50. The lowest BCUT2D eigenvalue weighted by Gasteiger charge is -2.18. The molecule has 0 fully saturated rings. The van der Waals surface area contributed by atoms with Crippen molar-refractivity contribution >= 4 is 17.2 Å². The third kappa shape index (κ3) is 4.44. The summed E-state index contributed by atoms with van der Waals surface area (Å²) >= 11 is 1.66. The maximum atomic E-state index is 12.4. The molecule has 2 atom stereocenters. The Morgan fingerprint density at radius 1 is 1.09 bits per heavy atom. The Balaban J connectivity index is 2.08. The average molecular weight is 330 g/mol. The lowest BCUT2D eigenvalue weighted by molar-refractivity contribution is 0.0936. The number of rotatable bonds is 7. The van der Waals surface area contributed by atoms with Crippen molar-refractivity contribution in [3.63, 3.8) is 0 Å². The number of hydrogen-bond donors (Lipinski definition) is 1. The van der Waals surface area contributed by atoms with Gasteiger partial charge in [-0.15, -0.1) is 11.3 Å². The Kier molecular flexibility index (Phi) is 6.40. The van der Waals surface area contributed by atoms with E-state index >= 15 is 0 Å². The number of aryl methyl sites for hydroxylation is 1. The summed E-state index contributed by atoms with van der Waals surface area (Å²) in [7, 11) is 0. The van der Waals surface area contributed by atoms with E-state index in [2.05, 4.69) is 57.3 Å². The summed E-state index contributed by atoms with van der Waals surface area (Å²) in [6.07, 6.45) is 3.01. The lowest BCUT2D eigenvalue weighted by Crippen LogP contribution is -2.27. The molecule has 0 aliphatic heterocycles. The van der Waals surface area contributed by atoms with Gasteiger partial charge in [-0.2, -0.15) is 0 Å². The van der Waals surface area contributed by atoms with Crippen LogP contribution in [-0.4, -0.2) is 5.91 Å². The van der Waals surface area contributed by atoms with Crippen LogP contribution in [0.5, 0.6) is 0 Å². The Bertz CT molecular complexity index is 629. The number of thiophene rings is 1. The van der Waals surface area contributed by atoms with Crippen LogP contribution in [0.25, 0.3) is 0 Å². The minimum atomic E-state index is 0.0267. The molecular formula is C20H27NOS. The van der Waals surface area contributed by atoms with Crippen LogP contribution in [0.3, 0.4) is 0 Å². The van der Waals surface area contributed by atoms with Crippen LogP contribution in [0.15, 0.2) is 35.7 Å². The van der Waals surface area contributed by atoms with E-state index in [9.17, 15) is 4.79 Å². The fourth-order valence-corrected chi connectivity index (χ4v) is 3.46. The predicted molar refractivity (Wildman–Crippen MR) is 99.3 cm³/mol. The topological polar surface area (TPSA) is 29.1 Å². The van der Waals surface area contributed by atoms with Crippen molar-refractivity contribution in [1.29, 1.82) is 0 Å². The van der Waals surface area contributed by atoms with Crippen LogP contribution >= 0.6 is 11.3 Å². The summed E-state index contributed by atoms with van der Waals surface area (Å²) in [5, 5.41) is 5.12. The standard InChI is InChI=1S/C20H27NOS/c1-5-14(4)15-8-10-16(11-9-15)19(7-3)21-20(22)17-12-18(6-2)23-13-17/h8-14,19H,5-7H2,1-4H3,(H,21,22). The minimum Gasteiger partial charge on any atom is -0.345 e. The Hall–Kier alpha value is -1.61. The Morgan fingerprint density at radius 2 is 1.74 bits per heavy atom. The SMILES string of the molecule is CCc1cc(C(=O)NC(CC)c2ccc(C(C)CC)cc2)cs1. The van der Waals surface area contributed by atoms with Crippen molar-refractivity contribution < 1.29 is 4.79 Å². The molecule has 0 radical (unpaired) electrons. The molecule has 1 aromatic carbocycles. The van der Waals surface area contributed by atoms with Crippen LogP contribution in [0, 0.1) is 0 Å². The average Bonchev–Trinajstić information content (AvgIpc) is 3.08. The largest absolute Gasteiger partial charge is 0.345 e. The van der Waals surface area contributed by atoms with Gasteiger partial charge in [0.05, 0.1) is 11.6 Å². The zero-order chi connectivity index (χ0) is 16.8. The molecule has 2 rings (SSSR count). The number of hydrogen-bond acceptors (Lipinski definition) is 2. The monoisotopic (exact) mass is 329 g/mol. The van der Waals surface area contributed by atoms with E-state index in [1.807, 2.05) is 11.4 Å². The summed E-state index contributed by atoms with van der Waals surface area (Å²) < 4.78 is 0. The van der Waals surface area contributed by atoms with E-state index in [4.69, 9.17) is 0 Å². The Labute approximate surface area is 143 Å². The van der Waals surface area contributed by atoms with Gasteiger partial charge in [0.25, 0.3) is 5.91 Å². The molecule has 0 aliphatic carbocycles. The maximum Gasteiger partial charge on any atom is 0.252 e. The molecule has 0 saturated heterocycles. The first-order valence-electron chi connectivity index (χ1n) is 8.57. The number of nitrogens with one attached hydrogen (secondary N) is 1. The summed E-state index contributed by atoms with van der Waals surface area (Å²) in [5.74, 6) is 0.607. The molecule has 1 heterocycles. The van der Waals surface area contributed by atoms with Gasteiger partial charge in [-0.1, -0.05) is 52.0 Å². The number of carbonyl (C=O) groups excluding carboxylic acids is 1. The summed E-state index contributed by atoms with van der Waals surface area (Å²) in [4.78, 5) is 13.7. The second kappa shape index (κ2) is 8.30. The van der Waals surface area contributed by atoms with Crippen LogP contribution in [0.2, 0.25) is 0 Å². The van der Waals surface area contributed by atoms with Gasteiger partial charge in [0.1, 0.15) is 0 Å². The third-order valence-corrected chi connectivity index (χ3v) is 5.58. The quantitative estimate of drug-likeness (QED) is 0.693. The van der Waals surface area contributed by atoms with E-state index in [1.165, 1.54) is 16.0 Å². The van der Waals surface area contributed by atoms with Crippen LogP contribution < -0.4 is 5.32 Å². The highest BCUT2D eigenvalue weighted by Gasteiger charge is 2.15. The molecule has 3 heteroatoms. The molecule has 23 heavy (non-hydrogen) atoms. The van der Waals surface area contributed by atoms with E-state index in [0.717, 1.165) is 24.8 Å². The van der Waals surface area contributed by atoms with Crippen molar-refractivity contribution in [3.8, 4) is 0 Å². The maximum absolute atomic E-state index is 12.4. The van der Waals surface area contributed by atoms with Crippen molar-refractivity contribution in [3.05, 3.63) is 57.3 Å². The molecule has 0 saturated carbocycles. The summed E-state index contributed by atoms with van der Waals surface area (Å²) in [6, 6.07) is 10.8. The molecule has 124 valence electrons. The van der Waals surface area contributed by atoms with E-state index < -0.39 is 0 Å².